The van der Waals surface area contributed by atoms with Crippen molar-refractivity contribution >= 4 is 11.5 Å². The SMILES string of the molecule is CC#CCN1CCC(c2nc(-c3ccc(Oc4ccccn4)c(OC)c3)n3c(N)nccc23)C1. The van der Waals surface area contributed by atoms with Crippen molar-refractivity contribution in [2.24, 2.45) is 0 Å². The zero-order valence-electron chi connectivity index (χ0n) is 19.2. The number of anilines is 1. The molecule has 2 N–H and O–H groups in total. The molecule has 5 rings (SSSR count). The Labute approximate surface area is 198 Å². The van der Waals surface area contributed by atoms with Crippen LogP contribution in [0.2, 0.25) is 0 Å². The van der Waals surface area contributed by atoms with Crippen LogP contribution in [0.3, 0.4) is 0 Å². The minimum Gasteiger partial charge on any atom is -0.493 e. The van der Waals surface area contributed by atoms with Crippen LogP contribution in [0.1, 0.15) is 25.0 Å². The lowest BCUT2D eigenvalue weighted by molar-refractivity contribution is 0.374. The second kappa shape index (κ2) is 9.41. The molecule has 1 aliphatic rings. The van der Waals surface area contributed by atoms with Gasteiger partial charge in [-0.2, -0.15) is 0 Å². The number of methoxy groups -OCH3 is 1. The Bertz CT molecular complexity index is 1370. The van der Waals surface area contributed by atoms with Gasteiger partial charge >= 0.3 is 0 Å². The molecule has 0 spiro atoms. The van der Waals surface area contributed by atoms with Crippen molar-refractivity contribution in [3.8, 4) is 40.6 Å². The summed E-state index contributed by atoms with van der Waals surface area (Å²) < 4.78 is 13.5. The van der Waals surface area contributed by atoms with Crippen LogP contribution in [0.25, 0.3) is 16.9 Å². The monoisotopic (exact) mass is 454 g/mol. The number of nitrogens with zero attached hydrogens (tertiary/aromatic N) is 5. The molecule has 1 aromatic carbocycles. The van der Waals surface area contributed by atoms with Gasteiger partial charge in [0.1, 0.15) is 5.82 Å². The number of likely N-dealkylation sites (tertiary alicyclic amines) is 1. The van der Waals surface area contributed by atoms with Crippen LogP contribution in [0.5, 0.6) is 17.4 Å². The van der Waals surface area contributed by atoms with Crippen LogP contribution >= 0.6 is 0 Å². The van der Waals surface area contributed by atoms with E-state index >= 15 is 0 Å². The minimum absolute atomic E-state index is 0.304. The van der Waals surface area contributed by atoms with Crippen LogP contribution in [0.4, 0.5) is 5.95 Å². The molecule has 1 fully saturated rings. The third-order valence-electron chi connectivity index (χ3n) is 6.02. The zero-order valence-corrected chi connectivity index (χ0v) is 19.2. The number of fused-ring (bicyclic) bond motifs is 1. The van der Waals surface area contributed by atoms with Gasteiger partial charge in [0.15, 0.2) is 11.5 Å². The molecular weight excluding hydrogens is 428 g/mol. The molecule has 8 nitrogen and oxygen atoms in total. The van der Waals surface area contributed by atoms with Crippen molar-refractivity contribution in [3.05, 3.63) is 60.6 Å². The van der Waals surface area contributed by atoms with Crippen molar-refractivity contribution in [2.75, 3.05) is 32.5 Å². The Morgan fingerprint density at radius 1 is 1.12 bits per heavy atom. The molecule has 0 saturated carbocycles. The quantitative estimate of drug-likeness (QED) is 0.441. The summed E-state index contributed by atoms with van der Waals surface area (Å²) in [6.07, 6.45) is 4.45. The normalized spacial score (nSPS) is 15.8. The van der Waals surface area contributed by atoms with Crippen LogP contribution in [0.15, 0.2) is 54.9 Å². The number of aromatic nitrogens is 4. The summed E-state index contributed by atoms with van der Waals surface area (Å²) in [5, 5.41) is 0. The van der Waals surface area contributed by atoms with Crippen molar-refractivity contribution in [3.63, 3.8) is 0 Å². The Balaban J connectivity index is 1.53. The van der Waals surface area contributed by atoms with E-state index in [1.165, 1.54) is 0 Å². The number of hydrogen-bond acceptors (Lipinski definition) is 7. The maximum atomic E-state index is 6.32. The third kappa shape index (κ3) is 4.14. The number of nitrogens with two attached hydrogens (primary N) is 1. The highest BCUT2D eigenvalue weighted by molar-refractivity contribution is 5.70. The Morgan fingerprint density at radius 2 is 2.03 bits per heavy atom. The maximum Gasteiger partial charge on any atom is 0.219 e. The fraction of sp³-hybridized carbons (Fsp3) is 0.269. The summed E-state index contributed by atoms with van der Waals surface area (Å²) in [7, 11) is 1.61. The number of ether oxygens (including phenoxy) is 2. The Hall–Kier alpha value is -4.09. The van der Waals surface area contributed by atoms with Gasteiger partial charge in [-0.1, -0.05) is 12.0 Å². The summed E-state index contributed by atoms with van der Waals surface area (Å²) in [4.78, 5) is 16.0. The van der Waals surface area contributed by atoms with Crippen molar-refractivity contribution in [1.29, 1.82) is 0 Å². The molecule has 4 aromatic rings. The highest BCUT2D eigenvalue weighted by Crippen LogP contribution is 2.37. The van der Waals surface area contributed by atoms with Gasteiger partial charge < -0.3 is 15.2 Å². The van der Waals surface area contributed by atoms with E-state index in [1.807, 2.05) is 47.7 Å². The average Bonchev–Trinajstić information content (AvgIpc) is 3.49. The highest BCUT2D eigenvalue weighted by Gasteiger charge is 2.28. The predicted molar refractivity (Wildman–Crippen MR) is 131 cm³/mol. The third-order valence-corrected chi connectivity index (χ3v) is 6.02. The van der Waals surface area contributed by atoms with E-state index in [-0.39, 0.29) is 0 Å². The molecule has 4 heterocycles. The maximum absolute atomic E-state index is 6.32. The molecule has 0 amide bonds. The number of imidazole rings is 1. The lowest BCUT2D eigenvalue weighted by Crippen LogP contribution is -2.20. The lowest BCUT2D eigenvalue weighted by atomic mass is 10.0. The van der Waals surface area contributed by atoms with E-state index in [0.29, 0.717) is 29.2 Å². The molecule has 8 heteroatoms. The molecule has 1 saturated heterocycles. The Morgan fingerprint density at radius 3 is 2.82 bits per heavy atom. The summed E-state index contributed by atoms with van der Waals surface area (Å²) in [6.45, 7) is 4.58. The number of nitrogen functional groups attached to an aromatic ring is 1. The summed E-state index contributed by atoms with van der Waals surface area (Å²) in [6, 6.07) is 13.2. The summed E-state index contributed by atoms with van der Waals surface area (Å²) >= 11 is 0. The first-order chi connectivity index (χ1) is 16.7. The lowest BCUT2D eigenvalue weighted by Gasteiger charge is -2.11. The number of hydrogen-bond donors (Lipinski definition) is 1. The summed E-state index contributed by atoms with van der Waals surface area (Å²) in [5.41, 5.74) is 9.19. The van der Waals surface area contributed by atoms with E-state index in [1.54, 1.807) is 25.6 Å². The molecule has 34 heavy (non-hydrogen) atoms. The van der Waals surface area contributed by atoms with Gasteiger partial charge in [0, 0.05) is 36.5 Å². The predicted octanol–water partition coefficient (Wildman–Crippen LogP) is 3.99. The van der Waals surface area contributed by atoms with Gasteiger partial charge in [0.2, 0.25) is 11.8 Å². The Kier molecular flexibility index (Phi) is 6.02. The fourth-order valence-corrected chi connectivity index (χ4v) is 4.38. The van der Waals surface area contributed by atoms with E-state index in [0.717, 1.165) is 48.7 Å². The van der Waals surface area contributed by atoms with Gasteiger partial charge in [-0.05, 0) is 50.2 Å². The van der Waals surface area contributed by atoms with E-state index in [4.69, 9.17) is 20.2 Å². The first-order valence-electron chi connectivity index (χ1n) is 11.2. The molecule has 3 aromatic heterocycles. The van der Waals surface area contributed by atoms with Crippen molar-refractivity contribution in [2.45, 2.75) is 19.3 Å². The molecule has 0 radical (unpaired) electrons. The van der Waals surface area contributed by atoms with E-state index in [2.05, 4.69) is 26.7 Å². The first kappa shape index (κ1) is 21.7. The van der Waals surface area contributed by atoms with Gasteiger partial charge in [0.25, 0.3) is 0 Å². The van der Waals surface area contributed by atoms with Gasteiger partial charge in [-0.3, -0.25) is 9.30 Å². The standard InChI is InChI=1S/C26H26N6O2/c1-3-4-14-31-15-11-19(17-31)24-20-10-13-29-26(27)32(20)25(30-24)18-8-9-21(22(16-18)33-2)34-23-7-5-6-12-28-23/h5-10,12-13,16,19H,11,14-15,17H2,1-2H3,(H2,27,29). The molecule has 172 valence electrons. The number of benzene rings is 1. The fourth-order valence-electron chi connectivity index (χ4n) is 4.38. The largest absolute Gasteiger partial charge is 0.493 e. The van der Waals surface area contributed by atoms with Crippen LogP contribution in [-0.2, 0) is 0 Å². The zero-order chi connectivity index (χ0) is 23.5. The van der Waals surface area contributed by atoms with Crippen LogP contribution < -0.4 is 15.2 Å². The molecule has 1 aliphatic heterocycles. The topological polar surface area (TPSA) is 90.8 Å². The second-order valence-electron chi connectivity index (χ2n) is 8.13. The van der Waals surface area contributed by atoms with E-state index < -0.39 is 0 Å². The first-order valence-corrected chi connectivity index (χ1v) is 11.2. The van der Waals surface area contributed by atoms with Gasteiger partial charge in [-0.15, -0.1) is 5.92 Å². The number of rotatable bonds is 6. The van der Waals surface area contributed by atoms with Gasteiger partial charge in [-0.25, -0.2) is 15.0 Å². The highest BCUT2D eigenvalue weighted by atomic mass is 16.5. The number of pyridine rings is 1. The molecule has 1 atom stereocenters. The van der Waals surface area contributed by atoms with E-state index in [9.17, 15) is 0 Å². The smallest absolute Gasteiger partial charge is 0.219 e. The molecule has 0 aliphatic carbocycles. The second-order valence-corrected chi connectivity index (χ2v) is 8.13. The molecule has 1 unspecified atom stereocenters. The summed E-state index contributed by atoms with van der Waals surface area (Å²) in [5.74, 6) is 9.21. The molecule has 0 bridgehead atoms. The van der Waals surface area contributed by atoms with Crippen LogP contribution in [-0.4, -0.2) is 51.0 Å². The van der Waals surface area contributed by atoms with Gasteiger partial charge in [0.05, 0.1) is 24.9 Å². The average molecular weight is 455 g/mol. The van der Waals surface area contributed by atoms with Crippen molar-refractivity contribution in [1.82, 2.24) is 24.3 Å². The molecular formula is C26H26N6O2. The van der Waals surface area contributed by atoms with Crippen LogP contribution in [0, 0.1) is 11.8 Å². The van der Waals surface area contributed by atoms with Crippen molar-refractivity contribution < 1.29 is 9.47 Å². The minimum atomic E-state index is 0.304.